The number of hydrogen-bond acceptors (Lipinski definition) is 2. The fraction of sp³-hybridized carbons (Fsp3) is 0.462. The number of carbonyl (C=O) groups excluding carboxylic acids is 1. The van der Waals surface area contributed by atoms with Crippen molar-refractivity contribution >= 4 is 5.78 Å². The van der Waals surface area contributed by atoms with Gasteiger partial charge in [-0.3, -0.25) is 4.79 Å². The molecule has 0 saturated heterocycles. The van der Waals surface area contributed by atoms with Gasteiger partial charge in [-0.1, -0.05) is 37.3 Å². The lowest BCUT2D eigenvalue weighted by molar-refractivity contribution is -0.123. The van der Waals surface area contributed by atoms with Crippen molar-refractivity contribution in [3.63, 3.8) is 0 Å². The van der Waals surface area contributed by atoms with Gasteiger partial charge in [0.25, 0.3) is 0 Å². The minimum atomic E-state index is -0.719. The molecule has 1 aromatic rings. The third-order valence-corrected chi connectivity index (χ3v) is 2.58. The SMILES string of the molecule is C[C@@H](CC(=O)C(C)(C)N)c1ccccc1. The van der Waals surface area contributed by atoms with Crippen LogP contribution in [-0.4, -0.2) is 11.3 Å². The highest BCUT2D eigenvalue weighted by Crippen LogP contribution is 2.20. The Bertz CT molecular complexity index is 324. The Morgan fingerprint density at radius 3 is 2.33 bits per heavy atom. The lowest BCUT2D eigenvalue weighted by Crippen LogP contribution is -2.41. The second kappa shape index (κ2) is 4.58. The molecular weight excluding hydrogens is 186 g/mol. The average Bonchev–Trinajstić information content (AvgIpc) is 2.17. The summed E-state index contributed by atoms with van der Waals surface area (Å²) in [4.78, 5) is 11.7. The van der Waals surface area contributed by atoms with Crippen molar-refractivity contribution in [3.05, 3.63) is 35.9 Å². The van der Waals surface area contributed by atoms with Crippen LogP contribution in [0.25, 0.3) is 0 Å². The number of hydrogen-bond donors (Lipinski definition) is 1. The summed E-state index contributed by atoms with van der Waals surface area (Å²) in [7, 11) is 0. The lowest BCUT2D eigenvalue weighted by atomic mass is 9.89. The van der Waals surface area contributed by atoms with Gasteiger partial charge in [0.15, 0.2) is 5.78 Å². The fourth-order valence-electron chi connectivity index (χ4n) is 1.44. The predicted molar refractivity (Wildman–Crippen MR) is 62.7 cm³/mol. The first-order valence-corrected chi connectivity index (χ1v) is 5.28. The second-order valence-corrected chi connectivity index (χ2v) is 4.66. The van der Waals surface area contributed by atoms with Crippen LogP contribution in [0.3, 0.4) is 0 Å². The molecule has 2 N–H and O–H groups in total. The standard InChI is InChI=1S/C13H19NO/c1-10(9-12(15)13(2,3)14)11-7-5-4-6-8-11/h4-8,10H,9,14H2,1-3H3/t10-/m0/s1. The van der Waals surface area contributed by atoms with Crippen LogP contribution in [0.5, 0.6) is 0 Å². The van der Waals surface area contributed by atoms with Gasteiger partial charge in [-0.15, -0.1) is 0 Å². The van der Waals surface area contributed by atoms with Gasteiger partial charge < -0.3 is 5.73 Å². The van der Waals surface area contributed by atoms with Gasteiger partial charge in [0, 0.05) is 6.42 Å². The molecule has 0 aromatic heterocycles. The highest BCUT2D eigenvalue weighted by molar-refractivity contribution is 5.87. The Labute approximate surface area is 91.5 Å². The molecule has 0 saturated carbocycles. The minimum Gasteiger partial charge on any atom is -0.319 e. The summed E-state index contributed by atoms with van der Waals surface area (Å²) in [5, 5.41) is 0. The van der Waals surface area contributed by atoms with E-state index < -0.39 is 5.54 Å². The number of rotatable bonds is 4. The Kier molecular flexibility index (Phi) is 3.64. The van der Waals surface area contributed by atoms with E-state index in [2.05, 4.69) is 6.92 Å². The van der Waals surface area contributed by atoms with E-state index in [9.17, 15) is 4.79 Å². The summed E-state index contributed by atoms with van der Waals surface area (Å²) < 4.78 is 0. The molecule has 0 bridgehead atoms. The maximum atomic E-state index is 11.7. The number of ketones is 1. The zero-order valence-corrected chi connectivity index (χ0v) is 9.66. The molecule has 1 aromatic carbocycles. The first-order chi connectivity index (χ1) is 6.91. The van der Waals surface area contributed by atoms with Crippen LogP contribution >= 0.6 is 0 Å². The third kappa shape index (κ3) is 3.48. The van der Waals surface area contributed by atoms with E-state index in [0.717, 1.165) is 0 Å². The molecule has 0 amide bonds. The van der Waals surface area contributed by atoms with Gasteiger partial charge >= 0.3 is 0 Å². The number of carbonyl (C=O) groups is 1. The number of benzene rings is 1. The van der Waals surface area contributed by atoms with E-state index in [-0.39, 0.29) is 11.7 Å². The van der Waals surface area contributed by atoms with E-state index in [1.165, 1.54) is 5.56 Å². The molecule has 0 radical (unpaired) electrons. The van der Waals surface area contributed by atoms with Gasteiger partial charge in [0.2, 0.25) is 0 Å². The van der Waals surface area contributed by atoms with Crippen LogP contribution in [0.1, 0.15) is 38.7 Å². The summed E-state index contributed by atoms with van der Waals surface area (Å²) in [6, 6.07) is 10.0. The zero-order valence-electron chi connectivity index (χ0n) is 9.66. The largest absolute Gasteiger partial charge is 0.319 e. The van der Waals surface area contributed by atoms with Crippen molar-refractivity contribution in [2.45, 2.75) is 38.6 Å². The molecule has 0 aliphatic rings. The van der Waals surface area contributed by atoms with Crippen LogP contribution in [0.4, 0.5) is 0 Å². The Morgan fingerprint density at radius 1 is 1.33 bits per heavy atom. The van der Waals surface area contributed by atoms with Gasteiger partial charge in [0.05, 0.1) is 5.54 Å². The number of Topliss-reactive ketones (excluding diaryl/α,β-unsaturated/α-hetero) is 1. The van der Waals surface area contributed by atoms with Crippen LogP contribution in [0.15, 0.2) is 30.3 Å². The van der Waals surface area contributed by atoms with E-state index in [4.69, 9.17) is 5.73 Å². The third-order valence-electron chi connectivity index (χ3n) is 2.58. The van der Waals surface area contributed by atoms with Crippen LogP contribution < -0.4 is 5.73 Å². The molecule has 1 rings (SSSR count). The quantitative estimate of drug-likeness (QED) is 0.820. The highest BCUT2D eigenvalue weighted by Gasteiger charge is 2.23. The van der Waals surface area contributed by atoms with E-state index in [0.29, 0.717) is 6.42 Å². The van der Waals surface area contributed by atoms with Crippen molar-refractivity contribution in [1.82, 2.24) is 0 Å². The maximum absolute atomic E-state index is 11.7. The first-order valence-electron chi connectivity index (χ1n) is 5.28. The summed E-state index contributed by atoms with van der Waals surface area (Å²) in [6.45, 7) is 5.57. The van der Waals surface area contributed by atoms with Crippen LogP contribution in [0.2, 0.25) is 0 Å². The summed E-state index contributed by atoms with van der Waals surface area (Å²) >= 11 is 0. The normalized spacial score (nSPS) is 13.6. The van der Waals surface area contributed by atoms with Gasteiger partial charge in [-0.25, -0.2) is 0 Å². The molecule has 0 unspecified atom stereocenters. The molecule has 82 valence electrons. The molecule has 2 nitrogen and oxygen atoms in total. The van der Waals surface area contributed by atoms with Crippen molar-refractivity contribution in [2.24, 2.45) is 5.73 Å². The van der Waals surface area contributed by atoms with Gasteiger partial charge in [-0.2, -0.15) is 0 Å². The van der Waals surface area contributed by atoms with Crippen molar-refractivity contribution in [3.8, 4) is 0 Å². The summed E-state index contributed by atoms with van der Waals surface area (Å²) in [5.74, 6) is 0.348. The molecule has 15 heavy (non-hydrogen) atoms. The monoisotopic (exact) mass is 205 g/mol. The molecule has 2 heteroatoms. The van der Waals surface area contributed by atoms with Gasteiger partial charge in [0.1, 0.15) is 0 Å². The van der Waals surface area contributed by atoms with E-state index in [1.807, 2.05) is 30.3 Å². The van der Waals surface area contributed by atoms with Crippen LogP contribution in [0, 0.1) is 0 Å². The molecule has 1 atom stereocenters. The predicted octanol–water partition coefficient (Wildman–Crippen LogP) is 2.49. The highest BCUT2D eigenvalue weighted by atomic mass is 16.1. The lowest BCUT2D eigenvalue weighted by Gasteiger charge is -2.19. The second-order valence-electron chi connectivity index (χ2n) is 4.66. The average molecular weight is 205 g/mol. The van der Waals surface area contributed by atoms with Crippen molar-refractivity contribution in [1.29, 1.82) is 0 Å². The van der Waals surface area contributed by atoms with Gasteiger partial charge in [-0.05, 0) is 25.3 Å². The molecule has 0 heterocycles. The smallest absolute Gasteiger partial charge is 0.152 e. The summed E-state index contributed by atoms with van der Waals surface area (Å²) in [5.41, 5.74) is 6.23. The minimum absolute atomic E-state index is 0.110. The number of nitrogens with two attached hydrogens (primary N) is 1. The van der Waals surface area contributed by atoms with Crippen molar-refractivity contribution < 1.29 is 4.79 Å². The molecular formula is C13H19NO. The molecule has 0 spiro atoms. The van der Waals surface area contributed by atoms with Crippen LogP contribution in [-0.2, 0) is 4.79 Å². The molecule has 0 aliphatic carbocycles. The zero-order chi connectivity index (χ0) is 11.5. The Hall–Kier alpha value is -1.15. The van der Waals surface area contributed by atoms with E-state index in [1.54, 1.807) is 13.8 Å². The Morgan fingerprint density at radius 2 is 1.87 bits per heavy atom. The van der Waals surface area contributed by atoms with Crippen molar-refractivity contribution in [2.75, 3.05) is 0 Å². The molecule has 0 fully saturated rings. The molecule has 0 aliphatic heterocycles. The maximum Gasteiger partial charge on any atom is 0.152 e. The Balaban J connectivity index is 2.65. The van der Waals surface area contributed by atoms with E-state index >= 15 is 0 Å². The first kappa shape index (κ1) is 11.9. The fourth-order valence-corrected chi connectivity index (χ4v) is 1.44. The topological polar surface area (TPSA) is 43.1 Å². The summed E-state index contributed by atoms with van der Waals surface area (Å²) in [6.07, 6.45) is 0.507.